The first-order valence-electron chi connectivity index (χ1n) is 12.1. The molecule has 0 spiro atoms. The Hall–Kier alpha value is -1.60. The molecule has 0 unspecified atom stereocenters. The van der Waals surface area contributed by atoms with Crippen LogP contribution in [0.5, 0.6) is 0 Å². The van der Waals surface area contributed by atoms with E-state index in [-0.39, 0.29) is 10.3 Å². The van der Waals surface area contributed by atoms with E-state index in [1.165, 1.54) is 36.9 Å². The van der Waals surface area contributed by atoms with E-state index in [0.29, 0.717) is 18.1 Å². The third kappa shape index (κ3) is 4.55. The molecule has 7 heteroatoms. The SMILES string of the molecule is CC1(C)CN(S(=O)(=O)c2cccc(Cl)c2)Cc2cc(N3CCN(C4CCCC4)CC3)ccc21. The molecule has 5 nitrogen and oxygen atoms in total. The van der Waals surface area contributed by atoms with E-state index in [9.17, 15) is 8.42 Å². The lowest BCUT2D eigenvalue weighted by Gasteiger charge is -2.41. The molecule has 1 saturated heterocycles. The van der Waals surface area contributed by atoms with E-state index in [0.717, 1.165) is 37.8 Å². The van der Waals surface area contributed by atoms with Gasteiger partial charge in [-0.2, -0.15) is 4.31 Å². The molecule has 3 aliphatic rings. The van der Waals surface area contributed by atoms with Crippen molar-refractivity contribution in [3.63, 3.8) is 0 Å². The summed E-state index contributed by atoms with van der Waals surface area (Å²) >= 11 is 6.09. The second-order valence-corrected chi connectivity index (χ2v) is 12.8. The van der Waals surface area contributed by atoms with Crippen molar-refractivity contribution < 1.29 is 8.42 Å². The zero-order valence-electron chi connectivity index (χ0n) is 19.6. The van der Waals surface area contributed by atoms with Crippen molar-refractivity contribution in [2.24, 2.45) is 0 Å². The fraction of sp³-hybridized carbons (Fsp3) is 0.538. The predicted octanol–water partition coefficient (Wildman–Crippen LogP) is 4.89. The van der Waals surface area contributed by atoms with Gasteiger partial charge in [-0.3, -0.25) is 4.90 Å². The number of sulfonamides is 1. The maximum absolute atomic E-state index is 13.4. The van der Waals surface area contributed by atoms with E-state index in [1.54, 1.807) is 28.6 Å². The molecule has 2 heterocycles. The fourth-order valence-corrected chi connectivity index (χ4v) is 7.78. The smallest absolute Gasteiger partial charge is 0.243 e. The number of hydrogen-bond donors (Lipinski definition) is 0. The van der Waals surface area contributed by atoms with Crippen LogP contribution in [0.4, 0.5) is 5.69 Å². The van der Waals surface area contributed by atoms with Crippen LogP contribution in [0.15, 0.2) is 47.4 Å². The Bertz CT molecular complexity index is 1120. The van der Waals surface area contributed by atoms with Gasteiger partial charge in [-0.1, -0.05) is 50.4 Å². The number of piperazine rings is 1. The minimum atomic E-state index is -3.62. The number of halogens is 1. The fourth-order valence-electron chi connectivity index (χ4n) is 5.90. The molecule has 33 heavy (non-hydrogen) atoms. The Kier molecular flexibility index (Phi) is 6.23. The molecule has 5 rings (SSSR count). The van der Waals surface area contributed by atoms with Crippen molar-refractivity contribution in [2.45, 2.75) is 62.4 Å². The van der Waals surface area contributed by atoms with Crippen LogP contribution >= 0.6 is 11.6 Å². The Labute approximate surface area is 203 Å². The van der Waals surface area contributed by atoms with Gasteiger partial charge < -0.3 is 4.90 Å². The van der Waals surface area contributed by atoms with Crippen LogP contribution in [0.25, 0.3) is 0 Å². The Balaban J connectivity index is 1.37. The second kappa shape index (κ2) is 8.88. The topological polar surface area (TPSA) is 43.9 Å². The summed E-state index contributed by atoms with van der Waals surface area (Å²) in [6.07, 6.45) is 5.45. The molecular formula is C26H34ClN3O2S. The van der Waals surface area contributed by atoms with Gasteiger partial charge in [0, 0.05) is 61.4 Å². The van der Waals surface area contributed by atoms with Crippen molar-refractivity contribution >= 4 is 27.3 Å². The molecule has 178 valence electrons. The van der Waals surface area contributed by atoms with Crippen LogP contribution in [0.3, 0.4) is 0 Å². The normalized spacial score (nSPS) is 22.5. The lowest BCUT2D eigenvalue weighted by Crippen LogP contribution is -2.50. The third-order valence-corrected chi connectivity index (χ3v) is 9.71. The highest BCUT2D eigenvalue weighted by molar-refractivity contribution is 7.89. The first-order chi connectivity index (χ1) is 15.7. The van der Waals surface area contributed by atoms with Gasteiger partial charge >= 0.3 is 0 Å². The number of nitrogens with zero attached hydrogens (tertiary/aromatic N) is 3. The van der Waals surface area contributed by atoms with Crippen molar-refractivity contribution in [1.29, 1.82) is 0 Å². The van der Waals surface area contributed by atoms with Crippen molar-refractivity contribution in [3.05, 3.63) is 58.6 Å². The summed E-state index contributed by atoms with van der Waals surface area (Å²) in [5, 5.41) is 0.437. The molecule has 0 atom stereocenters. The molecule has 2 aromatic carbocycles. The minimum Gasteiger partial charge on any atom is -0.369 e. The molecular weight excluding hydrogens is 454 g/mol. The molecule has 0 bridgehead atoms. The largest absolute Gasteiger partial charge is 0.369 e. The summed E-state index contributed by atoms with van der Waals surface area (Å²) in [5.74, 6) is 0. The van der Waals surface area contributed by atoms with E-state index < -0.39 is 10.0 Å². The van der Waals surface area contributed by atoms with Crippen LogP contribution in [0.2, 0.25) is 5.02 Å². The zero-order chi connectivity index (χ0) is 23.2. The third-order valence-electron chi connectivity index (χ3n) is 7.69. The summed E-state index contributed by atoms with van der Waals surface area (Å²) in [4.78, 5) is 5.39. The molecule has 2 aliphatic heterocycles. The van der Waals surface area contributed by atoms with Gasteiger partial charge in [0.05, 0.1) is 4.90 Å². The summed E-state index contributed by atoms with van der Waals surface area (Å²) in [6.45, 7) is 9.40. The quantitative estimate of drug-likeness (QED) is 0.616. The van der Waals surface area contributed by atoms with Gasteiger partial charge in [-0.05, 0) is 54.3 Å². The van der Waals surface area contributed by atoms with E-state index in [2.05, 4.69) is 41.8 Å². The molecule has 2 fully saturated rings. The maximum Gasteiger partial charge on any atom is 0.243 e. The average Bonchev–Trinajstić information content (AvgIpc) is 3.33. The predicted molar refractivity (Wildman–Crippen MR) is 135 cm³/mol. The van der Waals surface area contributed by atoms with Crippen LogP contribution in [-0.2, 0) is 22.0 Å². The number of fused-ring (bicyclic) bond motifs is 1. The molecule has 2 aromatic rings. The van der Waals surface area contributed by atoms with Gasteiger partial charge in [0.2, 0.25) is 10.0 Å². The first-order valence-corrected chi connectivity index (χ1v) is 13.9. The lowest BCUT2D eigenvalue weighted by atomic mass is 9.79. The van der Waals surface area contributed by atoms with Crippen LogP contribution in [0, 0.1) is 0 Å². The zero-order valence-corrected chi connectivity index (χ0v) is 21.2. The standard InChI is InChI=1S/C26H34ClN3O2S/c1-26(2)19-30(33(31,32)24-9-5-6-21(27)17-24)18-20-16-23(10-11-25(20)26)29-14-12-28(13-15-29)22-7-3-4-8-22/h5-6,9-11,16-17,22H,3-4,7-8,12-15,18-19H2,1-2H3. The summed E-state index contributed by atoms with van der Waals surface area (Å²) in [6, 6.07) is 14.0. The molecule has 1 saturated carbocycles. The van der Waals surface area contributed by atoms with Gasteiger partial charge in [-0.15, -0.1) is 0 Å². The minimum absolute atomic E-state index is 0.258. The highest BCUT2D eigenvalue weighted by Crippen LogP contribution is 2.38. The molecule has 0 aromatic heterocycles. The average molecular weight is 488 g/mol. The van der Waals surface area contributed by atoms with Gasteiger partial charge in [0.15, 0.2) is 0 Å². The lowest BCUT2D eigenvalue weighted by molar-refractivity contribution is 0.187. The first kappa shape index (κ1) is 23.2. The summed E-state index contributed by atoms with van der Waals surface area (Å²) in [7, 11) is -3.62. The van der Waals surface area contributed by atoms with E-state index >= 15 is 0 Å². The van der Waals surface area contributed by atoms with Crippen molar-refractivity contribution in [1.82, 2.24) is 9.21 Å². The van der Waals surface area contributed by atoms with Crippen LogP contribution < -0.4 is 4.90 Å². The maximum atomic E-state index is 13.4. The Morgan fingerprint density at radius 2 is 1.70 bits per heavy atom. The Morgan fingerprint density at radius 3 is 2.39 bits per heavy atom. The van der Waals surface area contributed by atoms with Crippen LogP contribution in [0.1, 0.15) is 50.7 Å². The number of anilines is 1. The molecule has 0 amide bonds. The van der Waals surface area contributed by atoms with Crippen molar-refractivity contribution in [2.75, 3.05) is 37.6 Å². The highest BCUT2D eigenvalue weighted by atomic mass is 35.5. The molecule has 0 N–H and O–H groups in total. The van der Waals surface area contributed by atoms with Gasteiger partial charge in [0.1, 0.15) is 0 Å². The van der Waals surface area contributed by atoms with E-state index in [1.807, 2.05) is 0 Å². The number of rotatable bonds is 4. The summed E-state index contributed by atoms with van der Waals surface area (Å²) < 4.78 is 28.5. The van der Waals surface area contributed by atoms with E-state index in [4.69, 9.17) is 11.6 Å². The molecule has 0 radical (unpaired) electrons. The molecule has 1 aliphatic carbocycles. The second-order valence-electron chi connectivity index (χ2n) is 10.4. The van der Waals surface area contributed by atoms with Crippen molar-refractivity contribution in [3.8, 4) is 0 Å². The monoisotopic (exact) mass is 487 g/mol. The Morgan fingerprint density at radius 1 is 0.970 bits per heavy atom. The number of hydrogen-bond acceptors (Lipinski definition) is 4. The van der Waals surface area contributed by atoms with Crippen LogP contribution in [-0.4, -0.2) is 56.4 Å². The number of benzene rings is 2. The van der Waals surface area contributed by atoms with Gasteiger partial charge in [-0.25, -0.2) is 8.42 Å². The highest BCUT2D eigenvalue weighted by Gasteiger charge is 2.38. The van der Waals surface area contributed by atoms with Gasteiger partial charge in [0.25, 0.3) is 0 Å². The summed E-state index contributed by atoms with van der Waals surface area (Å²) in [5.41, 5.74) is 3.29.